The van der Waals surface area contributed by atoms with Crippen molar-refractivity contribution in [2.75, 3.05) is 7.05 Å². The van der Waals surface area contributed by atoms with Crippen molar-refractivity contribution in [3.8, 4) is 0 Å². The van der Waals surface area contributed by atoms with E-state index in [2.05, 4.69) is 21.2 Å². The second kappa shape index (κ2) is 4.93. The molecule has 1 N–H and O–H groups in total. The molecule has 1 fully saturated rings. The third-order valence-electron chi connectivity index (χ3n) is 2.75. The lowest BCUT2D eigenvalue weighted by molar-refractivity contribution is -0.147. The zero-order valence-corrected chi connectivity index (χ0v) is 11.2. The predicted molar refractivity (Wildman–Crippen MR) is 64.7 cm³/mol. The van der Waals surface area contributed by atoms with Crippen molar-refractivity contribution in [3.05, 3.63) is 22.6 Å². The fourth-order valence-corrected chi connectivity index (χ4v) is 2.02. The lowest BCUT2D eigenvalue weighted by Crippen LogP contribution is -2.52. The highest BCUT2D eigenvalue weighted by atomic mass is 79.9. The average molecular weight is 315 g/mol. The van der Waals surface area contributed by atoms with Gasteiger partial charge in [-0.1, -0.05) is 0 Å². The van der Waals surface area contributed by atoms with Crippen LogP contribution >= 0.6 is 15.9 Å². The lowest BCUT2D eigenvalue weighted by Gasteiger charge is -2.27. The second-order valence-corrected chi connectivity index (χ2v) is 4.74. The molecular formula is C11H11BrN2O4. The number of rotatable bonds is 2. The first-order chi connectivity index (χ1) is 8.49. The van der Waals surface area contributed by atoms with E-state index >= 15 is 0 Å². The van der Waals surface area contributed by atoms with Gasteiger partial charge in [-0.25, -0.2) is 0 Å². The van der Waals surface area contributed by atoms with Gasteiger partial charge >= 0.3 is 0 Å². The van der Waals surface area contributed by atoms with Gasteiger partial charge in [0, 0.05) is 13.5 Å². The molecule has 0 saturated carbocycles. The summed E-state index contributed by atoms with van der Waals surface area (Å²) in [7, 11) is 1.41. The molecule has 6 nitrogen and oxygen atoms in total. The number of amides is 3. The molecule has 1 aliphatic heterocycles. The van der Waals surface area contributed by atoms with E-state index in [0.29, 0.717) is 11.1 Å². The Morgan fingerprint density at radius 2 is 2.22 bits per heavy atom. The van der Waals surface area contributed by atoms with Gasteiger partial charge in [0.1, 0.15) is 6.04 Å². The van der Waals surface area contributed by atoms with Gasteiger partial charge in [-0.2, -0.15) is 0 Å². The smallest absolute Gasteiger partial charge is 0.287 e. The van der Waals surface area contributed by atoms with E-state index in [1.54, 1.807) is 6.07 Å². The number of likely N-dealkylation sites (tertiary alicyclic amines) is 1. The van der Waals surface area contributed by atoms with E-state index in [9.17, 15) is 14.4 Å². The molecule has 1 aliphatic rings. The van der Waals surface area contributed by atoms with Crippen LogP contribution in [0.3, 0.4) is 0 Å². The molecule has 96 valence electrons. The number of carbonyl (C=O) groups is 3. The molecule has 18 heavy (non-hydrogen) atoms. The number of hydrogen-bond donors (Lipinski definition) is 1. The van der Waals surface area contributed by atoms with Crippen LogP contribution < -0.4 is 5.32 Å². The van der Waals surface area contributed by atoms with Crippen molar-refractivity contribution in [1.29, 1.82) is 0 Å². The van der Waals surface area contributed by atoms with Crippen LogP contribution in [0.2, 0.25) is 0 Å². The van der Waals surface area contributed by atoms with Crippen molar-refractivity contribution in [1.82, 2.24) is 10.2 Å². The SMILES string of the molecule is CN1C(=O)CCC(NC(=O)c2ccc(Br)o2)C1=O. The molecule has 3 amide bonds. The Balaban J connectivity index is 2.04. The zero-order valence-electron chi connectivity index (χ0n) is 9.60. The fourth-order valence-electron chi connectivity index (χ4n) is 1.72. The summed E-state index contributed by atoms with van der Waals surface area (Å²) < 4.78 is 5.52. The molecule has 0 spiro atoms. The summed E-state index contributed by atoms with van der Waals surface area (Å²) in [6.07, 6.45) is 0.560. The third kappa shape index (κ3) is 2.45. The van der Waals surface area contributed by atoms with Crippen molar-refractivity contribution in [3.63, 3.8) is 0 Å². The zero-order chi connectivity index (χ0) is 13.3. The van der Waals surface area contributed by atoms with Crippen molar-refractivity contribution >= 4 is 33.7 Å². The summed E-state index contributed by atoms with van der Waals surface area (Å²) in [6, 6.07) is 2.42. The third-order valence-corrected chi connectivity index (χ3v) is 3.18. The van der Waals surface area contributed by atoms with Crippen LogP contribution in [-0.4, -0.2) is 35.7 Å². The summed E-state index contributed by atoms with van der Waals surface area (Å²) in [5.41, 5.74) is 0. The molecular weight excluding hydrogens is 304 g/mol. The first-order valence-corrected chi connectivity index (χ1v) is 6.15. The molecule has 2 heterocycles. The van der Waals surface area contributed by atoms with Crippen LogP contribution in [0.25, 0.3) is 0 Å². The van der Waals surface area contributed by atoms with E-state index in [4.69, 9.17) is 4.42 Å². The van der Waals surface area contributed by atoms with E-state index in [1.807, 2.05) is 0 Å². The molecule has 1 atom stereocenters. The van der Waals surface area contributed by atoms with Crippen LogP contribution in [0.15, 0.2) is 21.2 Å². The summed E-state index contributed by atoms with van der Waals surface area (Å²) in [6.45, 7) is 0. The van der Waals surface area contributed by atoms with Gasteiger partial charge in [-0.05, 0) is 34.5 Å². The monoisotopic (exact) mass is 314 g/mol. The van der Waals surface area contributed by atoms with E-state index in [0.717, 1.165) is 4.90 Å². The summed E-state index contributed by atoms with van der Waals surface area (Å²) in [5.74, 6) is -0.979. The van der Waals surface area contributed by atoms with Crippen molar-refractivity contribution in [2.45, 2.75) is 18.9 Å². The molecule has 0 aliphatic carbocycles. The number of nitrogens with zero attached hydrogens (tertiary/aromatic N) is 1. The Morgan fingerprint density at radius 3 is 2.83 bits per heavy atom. The molecule has 1 aromatic rings. The highest BCUT2D eigenvalue weighted by Crippen LogP contribution is 2.16. The molecule has 2 rings (SSSR count). The normalized spacial score (nSPS) is 20.1. The Hall–Kier alpha value is -1.63. The maximum atomic E-state index is 11.8. The van der Waals surface area contributed by atoms with Crippen LogP contribution in [0.1, 0.15) is 23.4 Å². The number of furan rings is 1. The molecule has 1 aromatic heterocycles. The number of nitrogens with one attached hydrogen (secondary N) is 1. The van der Waals surface area contributed by atoms with Gasteiger partial charge < -0.3 is 9.73 Å². The molecule has 0 aromatic carbocycles. The van der Waals surface area contributed by atoms with Gasteiger partial charge in [-0.15, -0.1) is 0 Å². The Kier molecular flexibility index (Phi) is 3.51. The van der Waals surface area contributed by atoms with Gasteiger partial charge in [0.2, 0.25) is 5.91 Å². The first-order valence-electron chi connectivity index (χ1n) is 5.35. The summed E-state index contributed by atoms with van der Waals surface area (Å²) in [4.78, 5) is 35.8. The topological polar surface area (TPSA) is 79.6 Å². The molecule has 1 unspecified atom stereocenters. The number of carbonyl (C=O) groups excluding carboxylic acids is 3. The number of hydrogen-bond acceptors (Lipinski definition) is 4. The van der Waals surface area contributed by atoms with E-state index in [-0.39, 0.29) is 18.1 Å². The Morgan fingerprint density at radius 1 is 1.50 bits per heavy atom. The lowest BCUT2D eigenvalue weighted by atomic mass is 10.0. The second-order valence-electron chi connectivity index (χ2n) is 3.96. The molecule has 0 radical (unpaired) electrons. The molecule has 1 saturated heterocycles. The quantitative estimate of drug-likeness (QED) is 0.823. The maximum absolute atomic E-state index is 11.8. The minimum atomic E-state index is -0.677. The molecule has 7 heteroatoms. The number of likely N-dealkylation sites (N-methyl/N-ethyl adjacent to an activating group) is 1. The minimum Gasteiger partial charge on any atom is -0.444 e. The maximum Gasteiger partial charge on any atom is 0.287 e. The van der Waals surface area contributed by atoms with Crippen LogP contribution in [0.5, 0.6) is 0 Å². The molecule has 0 bridgehead atoms. The summed E-state index contributed by atoms with van der Waals surface area (Å²) in [5, 5.41) is 2.55. The highest BCUT2D eigenvalue weighted by Gasteiger charge is 2.33. The van der Waals surface area contributed by atoms with Gasteiger partial charge in [0.05, 0.1) is 0 Å². The fraction of sp³-hybridized carbons (Fsp3) is 0.364. The van der Waals surface area contributed by atoms with Gasteiger partial charge in [0.25, 0.3) is 11.8 Å². The summed E-state index contributed by atoms with van der Waals surface area (Å²) >= 11 is 3.09. The predicted octanol–water partition coefficient (Wildman–Crippen LogP) is 0.919. The van der Waals surface area contributed by atoms with Crippen LogP contribution in [0.4, 0.5) is 0 Å². The standard InChI is InChI=1S/C11H11BrN2O4/c1-14-9(15)5-2-6(11(14)17)13-10(16)7-3-4-8(12)18-7/h3-4,6H,2,5H2,1H3,(H,13,16). The van der Waals surface area contributed by atoms with Crippen molar-refractivity contribution in [2.24, 2.45) is 0 Å². The van der Waals surface area contributed by atoms with Crippen LogP contribution in [-0.2, 0) is 9.59 Å². The first kappa shape index (κ1) is 12.8. The average Bonchev–Trinajstić information content (AvgIpc) is 2.77. The van der Waals surface area contributed by atoms with Gasteiger partial charge in [0.15, 0.2) is 10.4 Å². The van der Waals surface area contributed by atoms with E-state index < -0.39 is 17.9 Å². The number of piperidine rings is 1. The van der Waals surface area contributed by atoms with Crippen LogP contribution in [0, 0.1) is 0 Å². The number of halogens is 1. The highest BCUT2D eigenvalue weighted by molar-refractivity contribution is 9.10. The van der Waals surface area contributed by atoms with E-state index in [1.165, 1.54) is 13.1 Å². The number of imide groups is 1. The van der Waals surface area contributed by atoms with Gasteiger partial charge in [-0.3, -0.25) is 19.3 Å². The minimum absolute atomic E-state index is 0.120. The largest absolute Gasteiger partial charge is 0.444 e. The Bertz CT molecular complexity index is 511. The Labute approximate surface area is 111 Å². The van der Waals surface area contributed by atoms with Crippen molar-refractivity contribution < 1.29 is 18.8 Å².